The van der Waals surface area contributed by atoms with Crippen LogP contribution in [-0.2, 0) is 0 Å². The smallest absolute Gasteiger partial charge is 0.194 e. The third-order valence-electron chi connectivity index (χ3n) is 2.74. The molecular formula is C15H14BrNO. The average Bonchev–Trinajstić information content (AvgIpc) is 2.38. The number of hydrogen-bond donors (Lipinski definition) is 0. The van der Waals surface area contributed by atoms with Crippen LogP contribution in [0.3, 0.4) is 0 Å². The van der Waals surface area contributed by atoms with Crippen LogP contribution in [0.1, 0.15) is 15.9 Å². The third kappa shape index (κ3) is 2.62. The predicted octanol–water partition coefficient (Wildman–Crippen LogP) is 3.75. The summed E-state index contributed by atoms with van der Waals surface area (Å²) in [5, 5.41) is 0. The van der Waals surface area contributed by atoms with Gasteiger partial charge in [-0.2, -0.15) is 0 Å². The highest BCUT2D eigenvalue weighted by Crippen LogP contribution is 2.21. The Morgan fingerprint density at radius 3 is 2.44 bits per heavy atom. The summed E-state index contributed by atoms with van der Waals surface area (Å²) in [5.41, 5.74) is 2.41. The molecule has 0 aliphatic heterocycles. The molecule has 2 nitrogen and oxygen atoms in total. The summed E-state index contributed by atoms with van der Waals surface area (Å²) >= 11 is 3.41. The summed E-state index contributed by atoms with van der Waals surface area (Å²) in [7, 11) is 3.92. The molecule has 0 amide bonds. The van der Waals surface area contributed by atoms with E-state index in [0.29, 0.717) is 11.1 Å². The molecule has 0 radical (unpaired) electrons. The number of benzene rings is 2. The van der Waals surface area contributed by atoms with E-state index in [2.05, 4.69) is 15.9 Å². The number of anilines is 1. The number of halogens is 1. The van der Waals surface area contributed by atoms with Crippen molar-refractivity contribution in [2.45, 2.75) is 0 Å². The van der Waals surface area contributed by atoms with Crippen LogP contribution in [0.5, 0.6) is 0 Å². The van der Waals surface area contributed by atoms with Crippen LogP contribution in [0.15, 0.2) is 53.0 Å². The lowest BCUT2D eigenvalue weighted by molar-refractivity contribution is 0.103. The zero-order valence-corrected chi connectivity index (χ0v) is 11.9. The van der Waals surface area contributed by atoms with Gasteiger partial charge in [-0.1, -0.05) is 40.2 Å². The monoisotopic (exact) mass is 303 g/mol. The van der Waals surface area contributed by atoms with Gasteiger partial charge in [-0.15, -0.1) is 0 Å². The second-order valence-electron chi connectivity index (χ2n) is 4.25. The molecule has 0 aromatic heterocycles. The van der Waals surface area contributed by atoms with Gasteiger partial charge in [0, 0.05) is 35.4 Å². The number of carbonyl (C=O) groups is 1. The van der Waals surface area contributed by atoms with E-state index in [1.54, 1.807) is 0 Å². The van der Waals surface area contributed by atoms with Crippen molar-refractivity contribution in [2.24, 2.45) is 0 Å². The fourth-order valence-electron chi connectivity index (χ4n) is 1.73. The van der Waals surface area contributed by atoms with Crippen LogP contribution in [0.25, 0.3) is 0 Å². The van der Waals surface area contributed by atoms with Crippen molar-refractivity contribution >= 4 is 27.4 Å². The Labute approximate surface area is 115 Å². The normalized spacial score (nSPS) is 10.2. The van der Waals surface area contributed by atoms with Gasteiger partial charge in [0.15, 0.2) is 5.78 Å². The van der Waals surface area contributed by atoms with Crippen LogP contribution in [0, 0.1) is 0 Å². The van der Waals surface area contributed by atoms with Gasteiger partial charge in [0.05, 0.1) is 0 Å². The first kappa shape index (κ1) is 12.8. The highest BCUT2D eigenvalue weighted by atomic mass is 79.9. The van der Waals surface area contributed by atoms with Gasteiger partial charge >= 0.3 is 0 Å². The molecule has 0 aliphatic rings. The maximum atomic E-state index is 12.4. The Kier molecular flexibility index (Phi) is 3.82. The molecule has 2 rings (SSSR count). The minimum atomic E-state index is 0.0335. The standard InChI is InChI=1S/C15H14BrNO/c1-17(2)12-7-5-6-11(10-12)15(18)13-8-3-4-9-14(13)16/h3-10H,1-2H3. The molecule has 0 bridgehead atoms. The van der Waals surface area contributed by atoms with Crippen molar-refractivity contribution in [3.63, 3.8) is 0 Å². The maximum Gasteiger partial charge on any atom is 0.194 e. The van der Waals surface area contributed by atoms with Crippen LogP contribution < -0.4 is 4.90 Å². The van der Waals surface area contributed by atoms with E-state index < -0.39 is 0 Å². The molecule has 0 spiro atoms. The van der Waals surface area contributed by atoms with E-state index in [4.69, 9.17) is 0 Å². The molecular weight excluding hydrogens is 290 g/mol. The van der Waals surface area contributed by atoms with Gasteiger partial charge in [-0.05, 0) is 24.3 Å². The van der Waals surface area contributed by atoms with Crippen LogP contribution >= 0.6 is 15.9 Å². The first-order valence-electron chi connectivity index (χ1n) is 5.66. The zero-order chi connectivity index (χ0) is 13.1. The molecule has 92 valence electrons. The molecule has 0 heterocycles. The van der Waals surface area contributed by atoms with E-state index in [1.165, 1.54) is 0 Å². The highest BCUT2D eigenvalue weighted by Gasteiger charge is 2.12. The third-order valence-corrected chi connectivity index (χ3v) is 3.43. The Bertz CT molecular complexity index is 578. The van der Waals surface area contributed by atoms with Crippen LogP contribution in [0.4, 0.5) is 5.69 Å². The molecule has 0 unspecified atom stereocenters. The van der Waals surface area contributed by atoms with E-state index in [-0.39, 0.29) is 5.78 Å². The van der Waals surface area contributed by atoms with E-state index >= 15 is 0 Å². The highest BCUT2D eigenvalue weighted by molar-refractivity contribution is 9.10. The molecule has 3 heteroatoms. The van der Waals surface area contributed by atoms with Crippen molar-refractivity contribution < 1.29 is 4.79 Å². The van der Waals surface area contributed by atoms with Gasteiger partial charge in [0.25, 0.3) is 0 Å². The molecule has 2 aromatic rings. The average molecular weight is 304 g/mol. The quantitative estimate of drug-likeness (QED) is 0.805. The summed E-state index contributed by atoms with van der Waals surface area (Å²) in [6, 6.07) is 15.1. The predicted molar refractivity (Wildman–Crippen MR) is 78.3 cm³/mol. The lowest BCUT2D eigenvalue weighted by Gasteiger charge is -2.13. The number of nitrogens with zero attached hydrogens (tertiary/aromatic N) is 1. The molecule has 0 saturated heterocycles. The molecule has 2 aromatic carbocycles. The first-order chi connectivity index (χ1) is 8.59. The fraction of sp³-hybridized carbons (Fsp3) is 0.133. The summed E-state index contributed by atoms with van der Waals surface area (Å²) in [6.07, 6.45) is 0. The summed E-state index contributed by atoms with van der Waals surface area (Å²) < 4.78 is 0.824. The topological polar surface area (TPSA) is 20.3 Å². The summed E-state index contributed by atoms with van der Waals surface area (Å²) in [4.78, 5) is 14.4. The van der Waals surface area contributed by atoms with Crippen molar-refractivity contribution in [3.05, 3.63) is 64.1 Å². The molecule has 0 atom stereocenters. The zero-order valence-electron chi connectivity index (χ0n) is 10.4. The van der Waals surface area contributed by atoms with Crippen molar-refractivity contribution in [3.8, 4) is 0 Å². The van der Waals surface area contributed by atoms with Gasteiger partial charge in [0.2, 0.25) is 0 Å². The van der Waals surface area contributed by atoms with Crippen molar-refractivity contribution in [2.75, 3.05) is 19.0 Å². The molecule has 0 fully saturated rings. The number of ketones is 1. The number of carbonyl (C=O) groups excluding carboxylic acids is 1. The van der Waals surface area contributed by atoms with Gasteiger partial charge in [-0.25, -0.2) is 0 Å². The summed E-state index contributed by atoms with van der Waals surface area (Å²) in [6.45, 7) is 0. The molecule has 0 aliphatic carbocycles. The van der Waals surface area contributed by atoms with Crippen molar-refractivity contribution in [1.29, 1.82) is 0 Å². The Morgan fingerprint density at radius 1 is 1.06 bits per heavy atom. The summed E-state index contributed by atoms with van der Waals surface area (Å²) in [5.74, 6) is 0.0335. The minimum Gasteiger partial charge on any atom is -0.378 e. The number of hydrogen-bond acceptors (Lipinski definition) is 2. The van der Waals surface area contributed by atoms with Gasteiger partial charge in [-0.3, -0.25) is 4.79 Å². The molecule has 18 heavy (non-hydrogen) atoms. The van der Waals surface area contributed by atoms with Gasteiger partial charge in [0.1, 0.15) is 0 Å². The lowest BCUT2D eigenvalue weighted by atomic mass is 10.0. The Balaban J connectivity index is 2.41. The van der Waals surface area contributed by atoms with E-state index in [1.807, 2.05) is 67.5 Å². The fourth-order valence-corrected chi connectivity index (χ4v) is 2.19. The Morgan fingerprint density at radius 2 is 1.78 bits per heavy atom. The Hall–Kier alpha value is -1.61. The molecule has 0 N–H and O–H groups in total. The largest absolute Gasteiger partial charge is 0.378 e. The SMILES string of the molecule is CN(C)c1cccc(C(=O)c2ccccc2Br)c1. The van der Waals surface area contributed by atoms with E-state index in [9.17, 15) is 4.79 Å². The maximum absolute atomic E-state index is 12.4. The first-order valence-corrected chi connectivity index (χ1v) is 6.45. The minimum absolute atomic E-state index is 0.0335. The van der Waals surface area contributed by atoms with Crippen LogP contribution in [-0.4, -0.2) is 19.9 Å². The lowest BCUT2D eigenvalue weighted by Crippen LogP contribution is -2.10. The van der Waals surface area contributed by atoms with E-state index in [0.717, 1.165) is 10.2 Å². The number of rotatable bonds is 3. The van der Waals surface area contributed by atoms with Gasteiger partial charge < -0.3 is 4.90 Å². The van der Waals surface area contributed by atoms with Crippen molar-refractivity contribution in [1.82, 2.24) is 0 Å². The molecule has 0 saturated carbocycles. The second kappa shape index (κ2) is 5.36. The van der Waals surface area contributed by atoms with Crippen LogP contribution in [0.2, 0.25) is 0 Å². The second-order valence-corrected chi connectivity index (χ2v) is 5.11.